The lowest BCUT2D eigenvalue weighted by Gasteiger charge is -2.11. The summed E-state index contributed by atoms with van der Waals surface area (Å²) in [7, 11) is 3.19. The summed E-state index contributed by atoms with van der Waals surface area (Å²) < 4.78 is 10.5. The lowest BCUT2D eigenvalue weighted by Crippen LogP contribution is -2.24. The molecule has 1 N–H and O–H groups in total. The molecule has 0 atom stereocenters. The fourth-order valence-corrected chi connectivity index (χ4v) is 4.07. The highest BCUT2D eigenvalue weighted by molar-refractivity contribution is 7.99. The predicted molar refractivity (Wildman–Crippen MR) is 118 cm³/mol. The quantitative estimate of drug-likeness (QED) is 0.578. The Morgan fingerprint density at radius 3 is 2.48 bits per heavy atom. The smallest absolute Gasteiger partial charge is 0.230 e. The molecule has 3 rings (SSSR count). The van der Waals surface area contributed by atoms with E-state index in [4.69, 9.17) is 14.5 Å². The molecule has 1 amide bonds. The molecule has 29 heavy (non-hydrogen) atoms. The number of fused-ring (bicyclic) bond motifs is 1. The Morgan fingerprint density at radius 2 is 1.76 bits per heavy atom. The summed E-state index contributed by atoms with van der Waals surface area (Å²) in [5, 5.41) is 4.98. The van der Waals surface area contributed by atoms with Crippen molar-refractivity contribution in [2.24, 2.45) is 0 Å². The van der Waals surface area contributed by atoms with Crippen LogP contribution in [-0.4, -0.2) is 30.9 Å². The number of pyridine rings is 1. The van der Waals surface area contributed by atoms with E-state index in [0.29, 0.717) is 23.8 Å². The normalized spacial score (nSPS) is 10.8. The number of amides is 1. The van der Waals surface area contributed by atoms with E-state index in [9.17, 15) is 4.79 Å². The van der Waals surface area contributed by atoms with Crippen molar-refractivity contribution in [2.45, 2.75) is 32.3 Å². The molecule has 3 aromatic rings. The first-order chi connectivity index (χ1) is 13.9. The highest BCUT2D eigenvalue weighted by atomic mass is 32.2. The average Bonchev–Trinajstić information content (AvgIpc) is 2.71. The van der Waals surface area contributed by atoms with Gasteiger partial charge in [0.15, 0.2) is 11.5 Å². The molecule has 0 aliphatic heterocycles. The molecule has 0 unspecified atom stereocenters. The zero-order chi connectivity index (χ0) is 21.0. The van der Waals surface area contributed by atoms with E-state index in [1.165, 1.54) is 28.3 Å². The van der Waals surface area contributed by atoms with E-state index >= 15 is 0 Å². The fraction of sp³-hybridized carbons (Fsp3) is 0.304. The van der Waals surface area contributed by atoms with Crippen LogP contribution in [0.3, 0.4) is 0 Å². The molecule has 1 aromatic heterocycles. The van der Waals surface area contributed by atoms with Crippen LogP contribution in [0.15, 0.2) is 41.4 Å². The number of hydrogen-bond donors (Lipinski definition) is 1. The lowest BCUT2D eigenvalue weighted by atomic mass is 10.0. The first-order valence-electron chi connectivity index (χ1n) is 9.40. The molecule has 152 valence electrons. The summed E-state index contributed by atoms with van der Waals surface area (Å²) in [5.74, 6) is 1.59. The summed E-state index contributed by atoms with van der Waals surface area (Å²) in [5.41, 5.74) is 5.52. The Bertz CT molecular complexity index is 1050. The van der Waals surface area contributed by atoms with Gasteiger partial charge in [-0.15, -0.1) is 0 Å². The number of carbonyl (C=O) groups excluding carboxylic acids is 1. The van der Waals surface area contributed by atoms with Crippen LogP contribution in [0, 0.1) is 20.8 Å². The van der Waals surface area contributed by atoms with Gasteiger partial charge in [-0.25, -0.2) is 4.98 Å². The van der Waals surface area contributed by atoms with Gasteiger partial charge in [0.05, 0.1) is 30.5 Å². The van der Waals surface area contributed by atoms with Crippen molar-refractivity contribution >= 4 is 28.6 Å². The fourth-order valence-electron chi connectivity index (χ4n) is 3.27. The molecular weight excluding hydrogens is 384 g/mol. The molecule has 2 aromatic carbocycles. The summed E-state index contributed by atoms with van der Waals surface area (Å²) in [6, 6.07) is 12.0. The van der Waals surface area contributed by atoms with Crippen LogP contribution >= 0.6 is 11.8 Å². The standard InChI is InChI=1S/C23H26N2O3S/c1-14-8-16(3)23-18(9-14)15(2)10-22(25-23)29-13-21(26)24-12-17-6-7-19(27-4)20(11-17)28-5/h6-11H,12-13H2,1-5H3,(H,24,26). The minimum absolute atomic E-state index is 0.0371. The van der Waals surface area contributed by atoms with Crippen LogP contribution in [0.5, 0.6) is 11.5 Å². The zero-order valence-electron chi connectivity index (χ0n) is 17.5. The van der Waals surface area contributed by atoms with E-state index in [2.05, 4.69) is 38.2 Å². The second-order valence-corrected chi connectivity index (χ2v) is 8.01. The number of nitrogens with one attached hydrogen (secondary N) is 1. The molecule has 0 aliphatic rings. The van der Waals surface area contributed by atoms with Gasteiger partial charge in [-0.05, 0) is 61.7 Å². The Balaban J connectivity index is 1.62. The third-order valence-corrected chi connectivity index (χ3v) is 5.63. The first-order valence-corrected chi connectivity index (χ1v) is 10.4. The average molecular weight is 411 g/mol. The van der Waals surface area contributed by atoms with Gasteiger partial charge in [-0.2, -0.15) is 0 Å². The maximum atomic E-state index is 12.3. The Kier molecular flexibility index (Phi) is 6.64. The van der Waals surface area contributed by atoms with Crippen LogP contribution in [0.1, 0.15) is 22.3 Å². The third kappa shape index (κ3) is 5.01. The first kappa shape index (κ1) is 21.0. The number of carbonyl (C=O) groups is 1. The third-order valence-electron chi connectivity index (χ3n) is 4.72. The molecule has 0 aliphatic carbocycles. The molecule has 0 saturated carbocycles. The van der Waals surface area contributed by atoms with Gasteiger partial charge in [0.1, 0.15) is 0 Å². The van der Waals surface area contributed by atoms with Crippen LogP contribution in [0.25, 0.3) is 10.9 Å². The van der Waals surface area contributed by atoms with Crippen molar-refractivity contribution in [2.75, 3.05) is 20.0 Å². The molecule has 1 heterocycles. The van der Waals surface area contributed by atoms with Gasteiger partial charge in [-0.3, -0.25) is 4.79 Å². The maximum Gasteiger partial charge on any atom is 0.230 e. The van der Waals surface area contributed by atoms with Crippen LogP contribution in [0.2, 0.25) is 0 Å². The monoisotopic (exact) mass is 410 g/mol. The number of ether oxygens (including phenoxy) is 2. The van der Waals surface area contributed by atoms with Gasteiger partial charge in [0.2, 0.25) is 5.91 Å². The van der Waals surface area contributed by atoms with E-state index < -0.39 is 0 Å². The van der Waals surface area contributed by atoms with Gasteiger partial charge in [-0.1, -0.05) is 29.5 Å². The Labute approximate surface area is 175 Å². The molecule has 0 saturated heterocycles. The highest BCUT2D eigenvalue weighted by Crippen LogP contribution is 2.28. The number of nitrogens with zero attached hydrogens (tertiary/aromatic N) is 1. The predicted octanol–water partition coefficient (Wildman–Crippen LogP) is 4.59. The SMILES string of the molecule is COc1ccc(CNC(=O)CSc2cc(C)c3cc(C)cc(C)c3n2)cc1OC. The van der Waals surface area contributed by atoms with E-state index in [1.807, 2.05) is 24.3 Å². The molecule has 5 nitrogen and oxygen atoms in total. The summed E-state index contributed by atoms with van der Waals surface area (Å²) >= 11 is 1.45. The molecule has 6 heteroatoms. The minimum atomic E-state index is -0.0371. The number of aryl methyl sites for hydroxylation is 3. The summed E-state index contributed by atoms with van der Waals surface area (Å²) in [4.78, 5) is 17.1. The topological polar surface area (TPSA) is 60.5 Å². The lowest BCUT2D eigenvalue weighted by molar-refractivity contribution is -0.118. The van der Waals surface area contributed by atoms with Gasteiger partial charge in [0.25, 0.3) is 0 Å². The molecule has 0 radical (unpaired) electrons. The van der Waals surface area contributed by atoms with Gasteiger partial charge < -0.3 is 14.8 Å². The second kappa shape index (κ2) is 9.18. The highest BCUT2D eigenvalue weighted by Gasteiger charge is 2.10. The van der Waals surface area contributed by atoms with E-state index in [1.54, 1.807) is 14.2 Å². The van der Waals surface area contributed by atoms with Gasteiger partial charge in [0, 0.05) is 11.9 Å². The van der Waals surface area contributed by atoms with Crippen LogP contribution < -0.4 is 14.8 Å². The molecule has 0 fully saturated rings. The number of aromatic nitrogens is 1. The number of benzene rings is 2. The molecular formula is C23H26N2O3S. The summed E-state index contributed by atoms with van der Waals surface area (Å²) in [6.07, 6.45) is 0. The largest absolute Gasteiger partial charge is 0.493 e. The number of thioether (sulfide) groups is 1. The van der Waals surface area contributed by atoms with Crippen molar-refractivity contribution in [3.63, 3.8) is 0 Å². The zero-order valence-corrected chi connectivity index (χ0v) is 18.3. The van der Waals surface area contributed by atoms with Crippen molar-refractivity contribution < 1.29 is 14.3 Å². The minimum Gasteiger partial charge on any atom is -0.493 e. The van der Waals surface area contributed by atoms with Crippen LogP contribution in [0.4, 0.5) is 0 Å². The summed E-state index contributed by atoms with van der Waals surface area (Å²) in [6.45, 7) is 6.69. The van der Waals surface area contributed by atoms with Crippen molar-refractivity contribution in [1.82, 2.24) is 10.3 Å². The van der Waals surface area contributed by atoms with Crippen molar-refractivity contribution in [3.8, 4) is 11.5 Å². The second-order valence-electron chi connectivity index (χ2n) is 7.01. The van der Waals surface area contributed by atoms with Crippen LogP contribution in [-0.2, 0) is 11.3 Å². The van der Waals surface area contributed by atoms with E-state index in [-0.39, 0.29) is 5.91 Å². The van der Waals surface area contributed by atoms with Crippen molar-refractivity contribution in [3.05, 3.63) is 58.7 Å². The van der Waals surface area contributed by atoms with E-state index in [0.717, 1.165) is 21.7 Å². The number of methoxy groups -OCH3 is 2. The Morgan fingerprint density at radius 1 is 1.00 bits per heavy atom. The van der Waals surface area contributed by atoms with Crippen molar-refractivity contribution in [1.29, 1.82) is 0 Å². The molecule has 0 spiro atoms. The number of hydrogen-bond acceptors (Lipinski definition) is 5. The maximum absolute atomic E-state index is 12.3. The van der Waals surface area contributed by atoms with Gasteiger partial charge >= 0.3 is 0 Å². The molecule has 0 bridgehead atoms. The number of rotatable bonds is 7. The Hall–Kier alpha value is -2.73.